The Hall–Kier alpha value is -2.81. The Labute approximate surface area is 146 Å². The zero-order chi connectivity index (χ0) is 17.8. The Morgan fingerprint density at radius 1 is 0.960 bits per heavy atom. The number of hydrogen-bond donors (Lipinski definition) is 0. The molecule has 0 amide bonds. The molecule has 1 aliphatic heterocycles. The van der Waals surface area contributed by atoms with E-state index in [0.29, 0.717) is 16.7 Å². The molecule has 2 aromatic carbocycles. The second-order valence-corrected chi connectivity index (χ2v) is 7.17. The predicted molar refractivity (Wildman–Crippen MR) is 101 cm³/mol. The maximum atomic E-state index is 12.6. The van der Waals surface area contributed by atoms with Crippen LogP contribution < -0.4 is 10.2 Å². The Bertz CT molecular complexity index is 1080. The third kappa shape index (κ3) is 2.66. The van der Waals surface area contributed by atoms with Gasteiger partial charge >= 0.3 is 0 Å². The number of benzene rings is 2. The molecule has 0 unspecified atom stereocenters. The summed E-state index contributed by atoms with van der Waals surface area (Å²) in [5.74, 6) is 1.31. The van der Waals surface area contributed by atoms with Crippen LogP contribution in [0.2, 0.25) is 0 Å². The predicted octanol–water partition coefficient (Wildman–Crippen LogP) is 5.26. The lowest BCUT2D eigenvalue weighted by molar-refractivity contribution is 0.159. The molecule has 0 atom stereocenters. The summed E-state index contributed by atoms with van der Waals surface area (Å²) in [6.45, 7) is 8.12. The van der Waals surface area contributed by atoms with E-state index in [2.05, 4.69) is 13.8 Å². The van der Waals surface area contributed by atoms with Crippen molar-refractivity contribution in [3.8, 4) is 17.1 Å². The van der Waals surface area contributed by atoms with Crippen molar-refractivity contribution in [1.29, 1.82) is 0 Å². The summed E-state index contributed by atoms with van der Waals surface area (Å²) in [6, 6.07) is 11.3. The molecule has 3 aromatic rings. The first kappa shape index (κ1) is 15.7. The van der Waals surface area contributed by atoms with Gasteiger partial charge in [0.1, 0.15) is 22.7 Å². The normalized spacial score (nSPS) is 15.0. The van der Waals surface area contributed by atoms with E-state index in [1.165, 1.54) is 11.1 Å². The molecule has 0 bridgehead atoms. The minimum atomic E-state index is -0.368. The fraction of sp³-hybridized carbons (Fsp3) is 0.227. The first-order valence-electron chi connectivity index (χ1n) is 8.41. The van der Waals surface area contributed by atoms with Crippen LogP contribution in [0.4, 0.5) is 0 Å². The van der Waals surface area contributed by atoms with Gasteiger partial charge in [0.25, 0.3) is 0 Å². The van der Waals surface area contributed by atoms with Gasteiger partial charge in [-0.3, -0.25) is 4.79 Å². The molecule has 126 valence electrons. The lowest BCUT2D eigenvalue weighted by Crippen LogP contribution is -2.27. The van der Waals surface area contributed by atoms with Crippen LogP contribution in [0.3, 0.4) is 0 Å². The summed E-state index contributed by atoms with van der Waals surface area (Å²) >= 11 is 0. The molecule has 3 nitrogen and oxygen atoms in total. The molecule has 25 heavy (non-hydrogen) atoms. The highest BCUT2D eigenvalue weighted by Gasteiger charge is 2.24. The highest BCUT2D eigenvalue weighted by molar-refractivity contribution is 5.90. The number of fused-ring (bicyclic) bond motifs is 3. The first-order chi connectivity index (χ1) is 11.8. The van der Waals surface area contributed by atoms with Gasteiger partial charge in [0.05, 0.1) is 10.9 Å². The Kier molecular flexibility index (Phi) is 3.36. The Morgan fingerprint density at radius 3 is 2.52 bits per heavy atom. The molecule has 0 fully saturated rings. The van der Waals surface area contributed by atoms with Crippen LogP contribution in [0, 0.1) is 13.8 Å². The van der Waals surface area contributed by atoms with Crippen LogP contribution in [-0.2, 0) is 0 Å². The van der Waals surface area contributed by atoms with Crippen molar-refractivity contribution in [2.75, 3.05) is 0 Å². The van der Waals surface area contributed by atoms with Crippen LogP contribution >= 0.6 is 0 Å². The molecule has 2 heterocycles. The fourth-order valence-corrected chi connectivity index (χ4v) is 3.11. The van der Waals surface area contributed by atoms with E-state index in [1.807, 2.05) is 50.3 Å². The maximum Gasteiger partial charge on any atom is 0.193 e. The Balaban J connectivity index is 1.97. The molecule has 1 aromatic heterocycles. The van der Waals surface area contributed by atoms with Crippen molar-refractivity contribution >= 4 is 17.0 Å². The minimum absolute atomic E-state index is 0.0458. The van der Waals surface area contributed by atoms with Gasteiger partial charge in [0, 0.05) is 11.6 Å². The van der Waals surface area contributed by atoms with Gasteiger partial charge < -0.3 is 9.15 Å². The van der Waals surface area contributed by atoms with Crippen molar-refractivity contribution < 1.29 is 9.15 Å². The van der Waals surface area contributed by atoms with Crippen LogP contribution in [0.5, 0.6) is 5.75 Å². The van der Waals surface area contributed by atoms with Crippen molar-refractivity contribution in [3.05, 3.63) is 69.4 Å². The van der Waals surface area contributed by atoms with E-state index < -0.39 is 0 Å². The van der Waals surface area contributed by atoms with Gasteiger partial charge in [-0.25, -0.2) is 0 Å². The summed E-state index contributed by atoms with van der Waals surface area (Å²) in [5, 5.41) is 0.569. The highest BCUT2D eigenvalue weighted by atomic mass is 16.5. The maximum absolute atomic E-state index is 12.6. The fourth-order valence-electron chi connectivity index (χ4n) is 3.11. The molecule has 0 saturated carbocycles. The Morgan fingerprint density at radius 2 is 1.76 bits per heavy atom. The summed E-state index contributed by atoms with van der Waals surface area (Å²) in [7, 11) is 0. The highest BCUT2D eigenvalue weighted by Crippen LogP contribution is 2.36. The summed E-state index contributed by atoms with van der Waals surface area (Å²) in [4.78, 5) is 12.6. The average molecular weight is 332 g/mol. The quantitative estimate of drug-likeness (QED) is 0.610. The van der Waals surface area contributed by atoms with Gasteiger partial charge in [-0.15, -0.1) is 0 Å². The van der Waals surface area contributed by atoms with E-state index in [1.54, 1.807) is 12.1 Å². The second kappa shape index (κ2) is 5.35. The van der Waals surface area contributed by atoms with Gasteiger partial charge in [-0.1, -0.05) is 12.1 Å². The summed E-state index contributed by atoms with van der Waals surface area (Å²) < 4.78 is 12.2. The largest absolute Gasteiger partial charge is 0.483 e. The van der Waals surface area contributed by atoms with E-state index in [9.17, 15) is 4.79 Å². The zero-order valence-electron chi connectivity index (χ0n) is 14.8. The SMILES string of the molecule is Cc1ccc(-c2cc(=O)c3ccc4c(c3o2)C=CC(C)(C)O4)cc1C. The molecule has 3 heteroatoms. The van der Waals surface area contributed by atoms with E-state index in [-0.39, 0.29) is 11.0 Å². The third-order valence-corrected chi connectivity index (χ3v) is 4.71. The molecule has 0 aliphatic carbocycles. The lowest BCUT2D eigenvalue weighted by atomic mass is 10.00. The molecule has 0 radical (unpaired) electrons. The van der Waals surface area contributed by atoms with E-state index in [4.69, 9.17) is 9.15 Å². The molecular formula is C22H20O3. The van der Waals surface area contributed by atoms with E-state index in [0.717, 1.165) is 16.9 Å². The zero-order valence-corrected chi connectivity index (χ0v) is 14.8. The van der Waals surface area contributed by atoms with E-state index >= 15 is 0 Å². The number of aryl methyl sites for hydroxylation is 2. The number of ether oxygens (including phenoxy) is 1. The van der Waals surface area contributed by atoms with Gasteiger partial charge in [-0.05, 0) is 69.2 Å². The molecule has 0 spiro atoms. The van der Waals surface area contributed by atoms with Crippen LogP contribution in [0.25, 0.3) is 28.4 Å². The van der Waals surface area contributed by atoms with Crippen LogP contribution in [0.1, 0.15) is 30.5 Å². The molecular weight excluding hydrogens is 312 g/mol. The van der Waals surface area contributed by atoms with Gasteiger partial charge in [0.15, 0.2) is 5.43 Å². The van der Waals surface area contributed by atoms with Gasteiger partial charge in [0.2, 0.25) is 0 Å². The summed E-state index contributed by atoms with van der Waals surface area (Å²) in [5.41, 5.74) is 4.26. The number of rotatable bonds is 1. The smallest absolute Gasteiger partial charge is 0.193 e. The molecule has 0 saturated heterocycles. The second-order valence-electron chi connectivity index (χ2n) is 7.17. The number of hydrogen-bond acceptors (Lipinski definition) is 3. The summed E-state index contributed by atoms with van der Waals surface area (Å²) in [6.07, 6.45) is 3.96. The van der Waals surface area contributed by atoms with Crippen molar-refractivity contribution in [3.63, 3.8) is 0 Å². The lowest BCUT2D eigenvalue weighted by Gasteiger charge is -2.28. The van der Waals surface area contributed by atoms with Gasteiger partial charge in [-0.2, -0.15) is 0 Å². The average Bonchev–Trinajstić information content (AvgIpc) is 2.55. The first-order valence-corrected chi connectivity index (χ1v) is 8.41. The molecule has 4 rings (SSSR count). The minimum Gasteiger partial charge on any atom is -0.483 e. The monoisotopic (exact) mass is 332 g/mol. The molecule has 0 N–H and O–H groups in total. The van der Waals surface area contributed by atoms with Crippen molar-refractivity contribution in [2.24, 2.45) is 0 Å². The van der Waals surface area contributed by atoms with Crippen LogP contribution in [-0.4, -0.2) is 5.60 Å². The van der Waals surface area contributed by atoms with Crippen LogP contribution in [0.15, 0.2) is 51.7 Å². The standard InChI is InChI=1S/C22H20O3/c1-13-5-6-15(11-14(13)2)20-12-18(23)16-7-8-19-17(21(16)24-20)9-10-22(3,4)25-19/h5-12H,1-4H3. The topological polar surface area (TPSA) is 39.4 Å². The van der Waals surface area contributed by atoms with Crippen molar-refractivity contribution in [1.82, 2.24) is 0 Å². The molecule has 1 aliphatic rings. The third-order valence-electron chi connectivity index (χ3n) is 4.71. The van der Waals surface area contributed by atoms with Crippen molar-refractivity contribution in [2.45, 2.75) is 33.3 Å².